The molecule has 0 saturated carbocycles. The number of amides is 1. The van der Waals surface area contributed by atoms with E-state index in [0.717, 1.165) is 11.3 Å². The highest BCUT2D eigenvalue weighted by molar-refractivity contribution is 8.00. The van der Waals surface area contributed by atoms with Crippen LogP contribution in [0.5, 0.6) is 5.75 Å². The smallest absolute Gasteiger partial charge is 0.242 e. The zero-order valence-electron chi connectivity index (χ0n) is 16.6. The number of nitrogens with one attached hydrogen (secondary N) is 1. The number of halogens is 1. The van der Waals surface area contributed by atoms with Gasteiger partial charge < -0.3 is 10.1 Å². The summed E-state index contributed by atoms with van der Waals surface area (Å²) in [7, 11) is 1.60. The molecule has 1 amide bonds. The van der Waals surface area contributed by atoms with E-state index in [0.29, 0.717) is 16.6 Å². The molecule has 0 aliphatic carbocycles. The summed E-state index contributed by atoms with van der Waals surface area (Å²) in [5, 5.41) is 11.0. The standard InChI is InChI=1S/C23H19FN4O2S/c1-30-20-10-6-5-9-19(20)28-15-25-27-23(28)31-21(16-7-3-2-4-8-16)22(29)26-18-13-11-17(24)12-14-18/h2-15,21H,1H3,(H,26,29)/t21-/m0/s1. The Kier molecular flexibility index (Phi) is 6.28. The van der Waals surface area contributed by atoms with Gasteiger partial charge in [0.1, 0.15) is 23.1 Å². The van der Waals surface area contributed by atoms with E-state index in [2.05, 4.69) is 15.5 Å². The van der Waals surface area contributed by atoms with E-state index in [1.807, 2.05) is 54.6 Å². The van der Waals surface area contributed by atoms with Gasteiger partial charge in [0.2, 0.25) is 5.91 Å². The molecule has 6 nitrogen and oxygen atoms in total. The Labute approximate surface area is 183 Å². The van der Waals surface area contributed by atoms with Gasteiger partial charge in [-0.3, -0.25) is 9.36 Å². The number of rotatable bonds is 7. The van der Waals surface area contributed by atoms with Crippen molar-refractivity contribution < 1.29 is 13.9 Å². The van der Waals surface area contributed by atoms with Crippen LogP contribution in [0.25, 0.3) is 5.69 Å². The molecular formula is C23H19FN4O2S. The van der Waals surface area contributed by atoms with Gasteiger partial charge in [-0.05, 0) is 42.0 Å². The number of ether oxygens (including phenoxy) is 1. The maximum Gasteiger partial charge on any atom is 0.242 e. The molecule has 8 heteroatoms. The highest BCUT2D eigenvalue weighted by atomic mass is 32.2. The number of aromatic nitrogens is 3. The Morgan fingerprint density at radius 3 is 2.48 bits per heavy atom. The molecule has 1 aromatic heterocycles. The quantitative estimate of drug-likeness (QED) is 0.420. The summed E-state index contributed by atoms with van der Waals surface area (Å²) in [6, 6.07) is 22.6. The zero-order valence-corrected chi connectivity index (χ0v) is 17.4. The number of hydrogen-bond acceptors (Lipinski definition) is 5. The highest BCUT2D eigenvalue weighted by Crippen LogP contribution is 2.37. The van der Waals surface area contributed by atoms with Gasteiger partial charge in [0.15, 0.2) is 5.16 Å². The highest BCUT2D eigenvalue weighted by Gasteiger charge is 2.25. The minimum Gasteiger partial charge on any atom is -0.495 e. The molecule has 0 fully saturated rings. The monoisotopic (exact) mass is 434 g/mol. The largest absolute Gasteiger partial charge is 0.495 e. The van der Waals surface area contributed by atoms with Crippen molar-refractivity contribution in [3.63, 3.8) is 0 Å². The molecule has 156 valence electrons. The number of carbonyl (C=O) groups excluding carboxylic acids is 1. The van der Waals surface area contributed by atoms with Crippen LogP contribution in [-0.2, 0) is 4.79 Å². The third-order valence-corrected chi connectivity index (χ3v) is 5.75. The number of thioether (sulfide) groups is 1. The molecule has 0 aliphatic rings. The fourth-order valence-corrected chi connectivity index (χ4v) is 4.07. The van der Waals surface area contributed by atoms with E-state index in [1.165, 1.54) is 36.0 Å². The van der Waals surface area contributed by atoms with Gasteiger partial charge in [0.05, 0.1) is 12.8 Å². The first-order valence-corrected chi connectivity index (χ1v) is 10.3. The maximum atomic E-state index is 13.2. The Hall–Kier alpha value is -3.65. The number of nitrogens with zero attached hydrogens (tertiary/aromatic N) is 3. The van der Waals surface area contributed by atoms with Crippen molar-refractivity contribution in [3.8, 4) is 11.4 Å². The second-order valence-corrected chi connectivity index (χ2v) is 7.63. The normalized spacial score (nSPS) is 11.7. The van der Waals surface area contributed by atoms with Crippen LogP contribution in [0.15, 0.2) is 90.3 Å². The minimum atomic E-state index is -0.607. The SMILES string of the molecule is COc1ccccc1-n1cnnc1S[C@H](C(=O)Nc1ccc(F)cc1)c1ccccc1. The zero-order chi connectivity index (χ0) is 21.6. The molecule has 0 bridgehead atoms. The molecule has 0 unspecified atom stereocenters. The average molecular weight is 434 g/mol. The van der Waals surface area contributed by atoms with Gasteiger partial charge in [-0.15, -0.1) is 10.2 Å². The van der Waals surface area contributed by atoms with Gasteiger partial charge in [0.25, 0.3) is 0 Å². The summed E-state index contributed by atoms with van der Waals surface area (Å²) in [6.45, 7) is 0. The summed E-state index contributed by atoms with van der Waals surface area (Å²) in [5.41, 5.74) is 2.09. The van der Waals surface area contributed by atoms with Crippen LogP contribution >= 0.6 is 11.8 Å². The molecule has 0 aliphatic heterocycles. The van der Waals surface area contributed by atoms with Crippen LogP contribution in [0.4, 0.5) is 10.1 Å². The lowest BCUT2D eigenvalue weighted by atomic mass is 10.1. The molecule has 1 heterocycles. The van der Waals surface area contributed by atoms with Crippen LogP contribution in [0, 0.1) is 5.82 Å². The molecule has 0 spiro atoms. The molecular weight excluding hydrogens is 415 g/mol. The first-order valence-electron chi connectivity index (χ1n) is 9.47. The van der Waals surface area contributed by atoms with Crippen LogP contribution in [0.3, 0.4) is 0 Å². The van der Waals surface area contributed by atoms with Crippen molar-refractivity contribution >= 4 is 23.4 Å². The maximum absolute atomic E-state index is 13.2. The Balaban J connectivity index is 1.66. The van der Waals surface area contributed by atoms with E-state index in [9.17, 15) is 9.18 Å². The summed E-state index contributed by atoms with van der Waals surface area (Å²) in [4.78, 5) is 13.2. The average Bonchev–Trinajstić information content (AvgIpc) is 3.27. The molecule has 31 heavy (non-hydrogen) atoms. The number of para-hydroxylation sites is 2. The first kappa shape index (κ1) is 20.6. The van der Waals surface area contributed by atoms with Gasteiger partial charge in [-0.1, -0.05) is 54.2 Å². The van der Waals surface area contributed by atoms with E-state index in [4.69, 9.17) is 4.74 Å². The lowest BCUT2D eigenvalue weighted by Gasteiger charge is -2.17. The Morgan fingerprint density at radius 1 is 1.03 bits per heavy atom. The van der Waals surface area contributed by atoms with Crippen molar-refractivity contribution in [3.05, 3.63) is 96.6 Å². The fraction of sp³-hybridized carbons (Fsp3) is 0.0870. The minimum absolute atomic E-state index is 0.252. The second kappa shape index (κ2) is 9.44. The van der Waals surface area contributed by atoms with Crippen molar-refractivity contribution in [1.82, 2.24) is 14.8 Å². The number of benzene rings is 3. The number of hydrogen-bond donors (Lipinski definition) is 1. The lowest BCUT2D eigenvalue weighted by Crippen LogP contribution is -2.19. The van der Waals surface area contributed by atoms with Crippen molar-refractivity contribution in [1.29, 1.82) is 0 Å². The predicted octanol–water partition coefficient (Wildman–Crippen LogP) is 4.89. The van der Waals surface area contributed by atoms with E-state index in [-0.39, 0.29) is 11.7 Å². The number of carbonyl (C=O) groups is 1. The summed E-state index contributed by atoms with van der Waals surface area (Å²) < 4.78 is 20.5. The molecule has 0 radical (unpaired) electrons. The second-order valence-electron chi connectivity index (χ2n) is 6.56. The van der Waals surface area contributed by atoms with Gasteiger partial charge >= 0.3 is 0 Å². The summed E-state index contributed by atoms with van der Waals surface area (Å²) >= 11 is 1.27. The number of methoxy groups -OCH3 is 1. The van der Waals surface area contributed by atoms with E-state index >= 15 is 0 Å². The Bertz CT molecular complexity index is 1170. The van der Waals surface area contributed by atoms with Gasteiger partial charge in [-0.25, -0.2) is 4.39 Å². The van der Waals surface area contributed by atoms with Gasteiger partial charge in [0, 0.05) is 5.69 Å². The van der Waals surface area contributed by atoms with Crippen molar-refractivity contribution in [2.24, 2.45) is 0 Å². The Morgan fingerprint density at radius 2 is 1.74 bits per heavy atom. The van der Waals surface area contributed by atoms with Crippen molar-refractivity contribution in [2.75, 3.05) is 12.4 Å². The molecule has 0 saturated heterocycles. The summed E-state index contributed by atoms with van der Waals surface area (Å²) in [6.07, 6.45) is 1.58. The first-order chi connectivity index (χ1) is 15.2. The third-order valence-electron chi connectivity index (χ3n) is 4.54. The van der Waals surface area contributed by atoms with E-state index < -0.39 is 5.25 Å². The fourth-order valence-electron chi connectivity index (χ4n) is 3.05. The predicted molar refractivity (Wildman–Crippen MR) is 118 cm³/mol. The molecule has 4 aromatic rings. The van der Waals surface area contributed by atoms with Gasteiger partial charge in [-0.2, -0.15) is 0 Å². The van der Waals surface area contributed by atoms with Crippen LogP contribution in [0.2, 0.25) is 0 Å². The van der Waals surface area contributed by atoms with Crippen LogP contribution in [-0.4, -0.2) is 27.8 Å². The molecule has 1 N–H and O–H groups in total. The number of anilines is 1. The van der Waals surface area contributed by atoms with Crippen LogP contribution in [0.1, 0.15) is 10.8 Å². The van der Waals surface area contributed by atoms with E-state index in [1.54, 1.807) is 18.0 Å². The molecule has 4 rings (SSSR count). The topological polar surface area (TPSA) is 69.0 Å². The third kappa shape index (κ3) is 4.75. The lowest BCUT2D eigenvalue weighted by molar-refractivity contribution is -0.115. The summed E-state index contributed by atoms with van der Waals surface area (Å²) in [5.74, 6) is 0.0467. The molecule has 1 atom stereocenters. The van der Waals surface area contributed by atoms with Crippen molar-refractivity contribution in [2.45, 2.75) is 10.4 Å². The van der Waals surface area contributed by atoms with Crippen LogP contribution < -0.4 is 10.1 Å². The molecule has 3 aromatic carbocycles.